The highest BCUT2D eigenvalue weighted by atomic mass is 32.2. The standard InChI is InChI=1S/C11H17N3O3S/c1-11(15)4-6-14(8-11)18(16,17)10-3-2-5-13-9(10)7-12/h2-3,5,15H,4,6-8,12H2,1H3. The number of sulfonamides is 1. The number of hydrogen-bond acceptors (Lipinski definition) is 5. The fourth-order valence-electron chi connectivity index (χ4n) is 2.06. The number of rotatable bonds is 3. The van der Waals surface area contributed by atoms with Crippen molar-refractivity contribution in [2.75, 3.05) is 13.1 Å². The lowest BCUT2D eigenvalue weighted by Crippen LogP contribution is -2.34. The summed E-state index contributed by atoms with van der Waals surface area (Å²) in [7, 11) is -3.62. The lowest BCUT2D eigenvalue weighted by Gasteiger charge is -2.19. The van der Waals surface area contributed by atoms with Crippen LogP contribution in [0.25, 0.3) is 0 Å². The molecule has 1 aliphatic heterocycles. The summed E-state index contributed by atoms with van der Waals surface area (Å²) in [5.41, 5.74) is 4.90. The molecule has 1 aromatic rings. The highest BCUT2D eigenvalue weighted by Crippen LogP contribution is 2.27. The average molecular weight is 271 g/mol. The van der Waals surface area contributed by atoms with Gasteiger partial charge in [0.2, 0.25) is 10.0 Å². The van der Waals surface area contributed by atoms with E-state index < -0.39 is 15.6 Å². The lowest BCUT2D eigenvalue weighted by molar-refractivity contribution is 0.0762. The number of hydrogen-bond donors (Lipinski definition) is 2. The smallest absolute Gasteiger partial charge is 0.245 e. The number of β-amino-alcohol motifs (C(OH)–C–C–N with tert-alkyl or cyclic N) is 1. The first kappa shape index (κ1) is 13.4. The van der Waals surface area contributed by atoms with Crippen LogP contribution in [0.1, 0.15) is 19.0 Å². The molecule has 3 N–H and O–H groups in total. The quantitative estimate of drug-likeness (QED) is 0.786. The minimum absolute atomic E-state index is 0.0691. The summed E-state index contributed by atoms with van der Waals surface area (Å²) >= 11 is 0. The van der Waals surface area contributed by atoms with E-state index in [-0.39, 0.29) is 18.0 Å². The minimum Gasteiger partial charge on any atom is -0.389 e. The molecule has 18 heavy (non-hydrogen) atoms. The SMILES string of the molecule is CC1(O)CCN(S(=O)(=O)c2cccnc2CN)C1. The minimum atomic E-state index is -3.62. The molecule has 6 nitrogen and oxygen atoms in total. The van der Waals surface area contributed by atoms with Gasteiger partial charge in [0, 0.05) is 25.8 Å². The monoisotopic (exact) mass is 271 g/mol. The third-order valence-electron chi connectivity index (χ3n) is 3.08. The van der Waals surface area contributed by atoms with Crippen LogP contribution >= 0.6 is 0 Å². The molecule has 2 heterocycles. The maximum atomic E-state index is 12.4. The van der Waals surface area contributed by atoms with Crippen LogP contribution in [0.15, 0.2) is 23.2 Å². The summed E-state index contributed by atoms with van der Waals surface area (Å²) in [5, 5.41) is 9.86. The Morgan fingerprint density at radius 3 is 2.89 bits per heavy atom. The predicted molar refractivity (Wildman–Crippen MR) is 66.1 cm³/mol. The maximum Gasteiger partial charge on any atom is 0.245 e. The van der Waals surface area contributed by atoms with Crippen molar-refractivity contribution in [1.29, 1.82) is 0 Å². The van der Waals surface area contributed by atoms with Gasteiger partial charge in [-0.15, -0.1) is 0 Å². The molecule has 1 aliphatic rings. The van der Waals surface area contributed by atoms with E-state index in [0.29, 0.717) is 18.7 Å². The van der Waals surface area contributed by atoms with Crippen molar-refractivity contribution in [2.24, 2.45) is 5.73 Å². The predicted octanol–water partition coefficient (Wildman–Crippen LogP) is -0.314. The van der Waals surface area contributed by atoms with Gasteiger partial charge < -0.3 is 10.8 Å². The zero-order valence-corrected chi connectivity index (χ0v) is 11.0. The van der Waals surface area contributed by atoms with Crippen LogP contribution in [0.3, 0.4) is 0 Å². The first-order valence-corrected chi connectivity index (χ1v) is 7.17. The third kappa shape index (κ3) is 2.39. The van der Waals surface area contributed by atoms with Gasteiger partial charge >= 0.3 is 0 Å². The van der Waals surface area contributed by atoms with Gasteiger partial charge in [0.15, 0.2) is 0 Å². The molecule has 7 heteroatoms. The molecule has 0 amide bonds. The molecule has 2 rings (SSSR count). The molecule has 0 radical (unpaired) electrons. The Hall–Kier alpha value is -1.02. The van der Waals surface area contributed by atoms with E-state index in [1.807, 2.05) is 0 Å². The van der Waals surface area contributed by atoms with E-state index in [2.05, 4.69) is 4.98 Å². The molecular formula is C11H17N3O3S. The molecule has 1 unspecified atom stereocenters. The molecule has 1 atom stereocenters. The normalized spacial score (nSPS) is 25.5. The number of aromatic nitrogens is 1. The van der Waals surface area contributed by atoms with Gasteiger partial charge in [-0.1, -0.05) is 0 Å². The fourth-order valence-corrected chi connectivity index (χ4v) is 3.80. The fraction of sp³-hybridized carbons (Fsp3) is 0.545. The number of pyridine rings is 1. The van der Waals surface area contributed by atoms with Crippen molar-refractivity contribution in [3.63, 3.8) is 0 Å². The Bertz CT molecular complexity index is 542. The molecule has 1 aromatic heterocycles. The van der Waals surface area contributed by atoms with Crippen LogP contribution in [0.4, 0.5) is 0 Å². The van der Waals surface area contributed by atoms with Gasteiger partial charge in [0.25, 0.3) is 0 Å². The van der Waals surface area contributed by atoms with Crippen LogP contribution in [0.5, 0.6) is 0 Å². The highest BCUT2D eigenvalue weighted by Gasteiger charge is 2.39. The van der Waals surface area contributed by atoms with Crippen LogP contribution in [-0.2, 0) is 16.6 Å². The van der Waals surface area contributed by atoms with Crippen LogP contribution in [0, 0.1) is 0 Å². The second-order valence-corrected chi connectivity index (χ2v) is 6.64. The van der Waals surface area contributed by atoms with Gasteiger partial charge in [0.1, 0.15) is 4.90 Å². The van der Waals surface area contributed by atoms with E-state index in [1.54, 1.807) is 13.0 Å². The van der Waals surface area contributed by atoms with Crippen molar-refractivity contribution >= 4 is 10.0 Å². The van der Waals surface area contributed by atoms with Crippen molar-refractivity contribution in [3.05, 3.63) is 24.0 Å². The Balaban J connectivity index is 2.38. The molecule has 1 fully saturated rings. The van der Waals surface area contributed by atoms with Crippen molar-refractivity contribution in [2.45, 2.75) is 30.4 Å². The topological polar surface area (TPSA) is 96.5 Å². The van der Waals surface area contributed by atoms with Gasteiger partial charge in [-0.05, 0) is 25.5 Å². The second-order valence-electron chi connectivity index (χ2n) is 4.74. The van der Waals surface area contributed by atoms with Crippen molar-refractivity contribution < 1.29 is 13.5 Å². The van der Waals surface area contributed by atoms with Gasteiger partial charge in [-0.2, -0.15) is 4.31 Å². The van der Waals surface area contributed by atoms with Crippen LogP contribution in [0.2, 0.25) is 0 Å². The van der Waals surface area contributed by atoms with Gasteiger partial charge in [-0.3, -0.25) is 4.98 Å². The lowest BCUT2D eigenvalue weighted by atomic mass is 10.1. The summed E-state index contributed by atoms with van der Waals surface area (Å²) in [5.74, 6) is 0. The summed E-state index contributed by atoms with van der Waals surface area (Å²) in [6.45, 7) is 2.12. The zero-order chi connectivity index (χ0) is 13.4. The molecule has 100 valence electrons. The molecule has 0 spiro atoms. The first-order chi connectivity index (χ1) is 8.37. The molecule has 1 saturated heterocycles. The molecule has 0 aromatic carbocycles. The molecule has 0 bridgehead atoms. The Morgan fingerprint density at radius 1 is 1.61 bits per heavy atom. The van der Waals surface area contributed by atoms with Gasteiger partial charge in [0.05, 0.1) is 11.3 Å². The number of nitrogens with two attached hydrogens (primary N) is 1. The van der Waals surface area contributed by atoms with E-state index in [0.717, 1.165) is 0 Å². The summed E-state index contributed by atoms with van der Waals surface area (Å²) in [6.07, 6.45) is 1.95. The maximum absolute atomic E-state index is 12.4. The first-order valence-electron chi connectivity index (χ1n) is 5.73. The van der Waals surface area contributed by atoms with E-state index in [9.17, 15) is 13.5 Å². The molecular weight excluding hydrogens is 254 g/mol. The van der Waals surface area contributed by atoms with Crippen LogP contribution < -0.4 is 5.73 Å². The number of aliphatic hydroxyl groups is 1. The molecule has 0 aliphatic carbocycles. The Kier molecular flexibility index (Phi) is 3.41. The third-order valence-corrected chi connectivity index (χ3v) is 5.00. The van der Waals surface area contributed by atoms with E-state index in [4.69, 9.17) is 5.73 Å². The van der Waals surface area contributed by atoms with Gasteiger partial charge in [-0.25, -0.2) is 8.42 Å². The van der Waals surface area contributed by atoms with Crippen molar-refractivity contribution in [1.82, 2.24) is 9.29 Å². The zero-order valence-electron chi connectivity index (χ0n) is 10.2. The summed E-state index contributed by atoms with van der Waals surface area (Å²) < 4.78 is 26.1. The van der Waals surface area contributed by atoms with E-state index in [1.165, 1.54) is 16.6 Å². The largest absolute Gasteiger partial charge is 0.389 e. The van der Waals surface area contributed by atoms with Crippen LogP contribution in [-0.4, -0.2) is 41.5 Å². The summed E-state index contributed by atoms with van der Waals surface area (Å²) in [6, 6.07) is 3.07. The Labute approximate surface area is 106 Å². The van der Waals surface area contributed by atoms with E-state index >= 15 is 0 Å². The van der Waals surface area contributed by atoms with Crippen molar-refractivity contribution in [3.8, 4) is 0 Å². The number of nitrogens with zero attached hydrogens (tertiary/aromatic N) is 2. The highest BCUT2D eigenvalue weighted by molar-refractivity contribution is 7.89. The second kappa shape index (κ2) is 4.58. The Morgan fingerprint density at radius 2 is 2.33 bits per heavy atom. The molecule has 0 saturated carbocycles. The summed E-state index contributed by atoms with van der Waals surface area (Å²) in [4.78, 5) is 4.11. The average Bonchev–Trinajstić information content (AvgIpc) is 2.70.